The molecule has 0 aromatic heterocycles. The van der Waals surface area contributed by atoms with Crippen molar-refractivity contribution >= 4 is 29.0 Å². The maximum Gasteiger partial charge on any atom is 0.417 e. The van der Waals surface area contributed by atoms with E-state index in [-0.39, 0.29) is 18.5 Å². The molecule has 4 N–H and O–H groups in total. The number of halogens is 3. The number of alkyl halides is 3. The number of likely N-dealkylation sites (tertiary alicyclic amines) is 1. The predicted octanol–water partition coefficient (Wildman–Crippen LogP) is 0.413. The van der Waals surface area contributed by atoms with E-state index in [1.807, 2.05) is 0 Å². The third kappa shape index (κ3) is 5.05. The second-order valence-corrected chi connectivity index (χ2v) is 12.9. The first-order valence-electron chi connectivity index (χ1n) is 14.7. The smallest absolute Gasteiger partial charge is 0.417 e. The fourth-order valence-corrected chi connectivity index (χ4v) is 7.91. The van der Waals surface area contributed by atoms with Gasteiger partial charge in [-0.05, 0) is 83.0 Å². The molecule has 1 amide bonds. The van der Waals surface area contributed by atoms with Gasteiger partial charge in [-0.2, -0.15) is 13.2 Å². The van der Waals surface area contributed by atoms with Crippen LogP contribution < -0.4 is 5.73 Å². The van der Waals surface area contributed by atoms with Gasteiger partial charge in [0.05, 0.1) is 23.1 Å². The van der Waals surface area contributed by atoms with Crippen LogP contribution in [0.1, 0.15) is 46.3 Å². The molecular formula is C30H37F3N4O7. The molecule has 3 fully saturated rings. The maximum absolute atomic E-state index is 14.7. The van der Waals surface area contributed by atoms with Crippen LogP contribution in [0, 0.1) is 23.7 Å². The molecule has 1 aromatic rings. The minimum atomic E-state index is -4.91. The molecule has 14 heteroatoms. The highest BCUT2D eigenvalue weighted by atomic mass is 19.4. The highest BCUT2D eigenvalue weighted by molar-refractivity contribution is 6.32. The van der Waals surface area contributed by atoms with Crippen LogP contribution in [0.2, 0.25) is 0 Å². The number of Topliss-reactive ketones (excluding diaryl/α,β-unsaturated/α-hetero) is 4. The highest BCUT2D eigenvalue weighted by Gasteiger charge is 2.69. The monoisotopic (exact) mass is 622 g/mol. The number of primary amides is 1. The lowest BCUT2D eigenvalue weighted by Gasteiger charge is -2.52. The number of hydrogen-bond acceptors (Lipinski definition) is 10. The van der Waals surface area contributed by atoms with E-state index in [2.05, 4.69) is 4.90 Å². The molecule has 6 atom stereocenters. The van der Waals surface area contributed by atoms with Gasteiger partial charge in [-0.1, -0.05) is 0 Å². The molecule has 0 radical (unpaired) electrons. The number of phenolic OH excluding ortho intramolecular Hbond substituents is 1. The van der Waals surface area contributed by atoms with Gasteiger partial charge in [0.2, 0.25) is 5.91 Å². The summed E-state index contributed by atoms with van der Waals surface area (Å²) in [6.07, 6.45) is -3.56. The normalized spacial score (nSPS) is 31.0. The Morgan fingerprint density at radius 2 is 1.75 bits per heavy atom. The maximum atomic E-state index is 14.7. The molecule has 0 spiro atoms. The van der Waals surface area contributed by atoms with E-state index < -0.39 is 99.4 Å². The fourth-order valence-electron chi connectivity index (χ4n) is 7.91. The predicted molar refractivity (Wildman–Crippen MR) is 148 cm³/mol. The summed E-state index contributed by atoms with van der Waals surface area (Å²) < 4.78 is 44.2. The molecule has 3 aliphatic carbocycles. The first-order valence-corrected chi connectivity index (χ1v) is 14.7. The molecule has 5 rings (SSSR count). The van der Waals surface area contributed by atoms with Gasteiger partial charge in [-0.15, -0.1) is 0 Å². The number of carbonyl (C=O) groups is 5. The van der Waals surface area contributed by atoms with E-state index in [1.54, 1.807) is 11.9 Å². The lowest BCUT2D eigenvalue weighted by molar-refractivity contribution is -0.181. The molecule has 1 aromatic carbocycles. The van der Waals surface area contributed by atoms with E-state index >= 15 is 0 Å². The molecule has 1 heterocycles. The number of rotatable bonds is 7. The summed E-state index contributed by atoms with van der Waals surface area (Å²) >= 11 is 0. The molecule has 1 saturated heterocycles. The summed E-state index contributed by atoms with van der Waals surface area (Å²) in [6.45, 7) is 2.84. The Balaban J connectivity index is 1.56. The van der Waals surface area contributed by atoms with Crippen molar-refractivity contribution in [3.8, 4) is 5.75 Å². The second kappa shape index (κ2) is 11.3. The molecule has 2 saturated carbocycles. The van der Waals surface area contributed by atoms with Gasteiger partial charge in [-0.3, -0.25) is 28.9 Å². The third-order valence-corrected chi connectivity index (χ3v) is 9.87. The summed E-state index contributed by atoms with van der Waals surface area (Å²) in [5.74, 6) is -13.3. The van der Waals surface area contributed by atoms with Crippen LogP contribution in [0.3, 0.4) is 0 Å². The van der Waals surface area contributed by atoms with Gasteiger partial charge in [0.1, 0.15) is 5.75 Å². The molecular weight excluding hydrogens is 585 g/mol. The van der Waals surface area contributed by atoms with Crippen LogP contribution >= 0.6 is 0 Å². The minimum absolute atomic E-state index is 0.159. The third-order valence-electron chi connectivity index (χ3n) is 9.87. The van der Waals surface area contributed by atoms with Crippen molar-refractivity contribution in [3.05, 3.63) is 28.3 Å². The van der Waals surface area contributed by atoms with Crippen LogP contribution in [0.5, 0.6) is 5.75 Å². The zero-order valence-corrected chi connectivity index (χ0v) is 24.8. The van der Waals surface area contributed by atoms with Gasteiger partial charge in [0.25, 0.3) is 0 Å². The van der Waals surface area contributed by atoms with E-state index in [0.29, 0.717) is 13.1 Å². The molecule has 1 aliphatic heterocycles. The zero-order valence-electron chi connectivity index (χ0n) is 24.8. The molecule has 44 heavy (non-hydrogen) atoms. The minimum Gasteiger partial charge on any atom is -0.507 e. The van der Waals surface area contributed by atoms with E-state index in [9.17, 15) is 47.4 Å². The average Bonchev–Trinajstić information content (AvgIpc) is 3.42. The number of carbonyl (C=O) groups excluding carboxylic acids is 5. The lowest BCUT2D eigenvalue weighted by atomic mass is 9.52. The summed E-state index contributed by atoms with van der Waals surface area (Å²) in [7, 11) is 4.54. The van der Waals surface area contributed by atoms with Crippen molar-refractivity contribution in [1.29, 1.82) is 0 Å². The first kappa shape index (κ1) is 32.2. The Bertz CT molecular complexity index is 1420. The number of phenols is 1. The van der Waals surface area contributed by atoms with Crippen molar-refractivity contribution in [2.24, 2.45) is 29.4 Å². The van der Waals surface area contributed by atoms with E-state index in [1.165, 1.54) is 19.0 Å². The van der Waals surface area contributed by atoms with Crippen molar-refractivity contribution < 1.29 is 47.4 Å². The molecule has 240 valence electrons. The SMILES string of the molecule is CN(CCN1CCCC1)Cc1cc(O)c2c(c1C(F)(F)F)C[C@H]1C[C@H]3[C@H](N(C)C)C(=O)C(C(N)=O)C(=O)[C@@]3(O)C(=O)C1C2=O. The van der Waals surface area contributed by atoms with Gasteiger partial charge < -0.3 is 25.7 Å². The average molecular weight is 623 g/mol. The number of likely N-dealkylation sites (N-methyl/N-ethyl adjacent to an activating group) is 2. The standard InChI is InChI=1S/C30H37F3N4O7/c1-35(2)23-17-11-14-10-16-20(24(39)19(14)26(41)29(17,44)27(42)21(25(23)40)28(34)43)18(38)12-15(22(16)30(31,32)33)13-36(3)8-9-37-6-4-5-7-37/h12,14,17,19,21,23,38,44H,4-11,13H2,1-3H3,(H2,34,43)/t14-,17-,19?,21?,23-,29-/m0/s1. The van der Waals surface area contributed by atoms with Crippen molar-refractivity contribution in [3.63, 3.8) is 0 Å². The van der Waals surface area contributed by atoms with Gasteiger partial charge >= 0.3 is 6.18 Å². The van der Waals surface area contributed by atoms with E-state index in [0.717, 1.165) is 32.0 Å². The van der Waals surface area contributed by atoms with Crippen LogP contribution in [-0.4, -0.2) is 113 Å². The Morgan fingerprint density at radius 1 is 1.11 bits per heavy atom. The number of amides is 1. The van der Waals surface area contributed by atoms with Crippen molar-refractivity contribution in [1.82, 2.24) is 14.7 Å². The zero-order chi connectivity index (χ0) is 32.5. The van der Waals surface area contributed by atoms with Gasteiger partial charge in [-0.25, -0.2) is 0 Å². The van der Waals surface area contributed by atoms with Crippen LogP contribution in [-0.2, 0) is 38.3 Å². The Labute approximate surface area is 252 Å². The van der Waals surface area contributed by atoms with E-state index in [4.69, 9.17) is 5.73 Å². The summed E-state index contributed by atoms with van der Waals surface area (Å²) in [5.41, 5.74) is -0.0528. The number of aliphatic hydroxyl groups is 1. The molecule has 2 unspecified atom stereocenters. The number of hydrogen-bond donors (Lipinski definition) is 3. The molecule has 11 nitrogen and oxygen atoms in total. The topological polar surface area (TPSA) is 162 Å². The van der Waals surface area contributed by atoms with Crippen LogP contribution in [0.15, 0.2) is 6.07 Å². The van der Waals surface area contributed by atoms with Crippen molar-refractivity contribution in [2.45, 2.75) is 50.0 Å². The van der Waals surface area contributed by atoms with Crippen molar-refractivity contribution in [2.75, 3.05) is 47.3 Å². The van der Waals surface area contributed by atoms with Crippen LogP contribution in [0.25, 0.3) is 0 Å². The fraction of sp³-hybridized carbons (Fsp3) is 0.633. The number of fused-ring (bicyclic) bond motifs is 3. The Kier molecular flexibility index (Phi) is 8.27. The molecule has 4 aliphatic rings. The first-order chi connectivity index (χ1) is 20.5. The summed E-state index contributed by atoms with van der Waals surface area (Å²) in [4.78, 5) is 71.6. The second-order valence-electron chi connectivity index (χ2n) is 12.9. The summed E-state index contributed by atoms with van der Waals surface area (Å²) in [6, 6.07) is -0.449. The largest absolute Gasteiger partial charge is 0.507 e. The Hall–Kier alpha value is -3.20. The Morgan fingerprint density at radius 3 is 2.32 bits per heavy atom. The number of benzene rings is 1. The van der Waals surface area contributed by atoms with Crippen LogP contribution in [0.4, 0.5) is 13.2 Å². The number of aromatic hydroxyl groups is 1. The number of nitrogens with two attached hydrogens (primary N) is 1. The summed E-state index contributed by atoms with van der Waals surface area (Å²) in [5, 5.41) is 22.6. The lowest BCUT2D eigenvalue weighted by Crippen LogP contribution is -2.74. The van der Waals surface area contributed by atoms with Gasteiger partial charge in [0, 0.05) is 25.6 Å². The number of nitrogens with zero attached hydrogens (tertiary/aromatic N) is 3. The molecule has 0 bridgehead atoms. The highest BCUT2D eigenvalue weighted by Crippen LogP contribution is 2.52. The van der Waals surface area contributed by atoms with Gasteiger partial charge in [0.15, 0.2) is 34.7 Å². The quantitative estimate of drug-likeness (QED) is 0.364. The number of ketones is 4.